The Morgan fingerprint density at radius 3 is 2.62 bits per heavy atom. The van der Waals surface area contributed by atoms with E-state index < -0.39 is 11.7 Å². The fourth-order valence-electron chi connectivity index (χ4n) is 1.66. The van der Waals surface area contributed by atoms with Crippen LogP contribution in [0.2, 0.25) is 5.02 Å². The van der Waals surface area contributed by atoms with Gasteiger partial charge in [0.2, 0.25) is 0 Å². The van der Waals surface area contributed by atoms with Gasteiger partial charge in [0.1, 0.15) is 10.8 Å². The van der Waals surface area contributed by atoms with Crippen LogP contribution in [0.5, 0.6) is 0 Å². The summed E-state index contributed by atoms with van der Waals surface area (Å²) in [7, 11) is 0. The molecule has 0 fully saturated rings. The Balaban J connectivity index is 2.31. The van der Waals surface area contributed by atoms with Crippen LogP contribution >= 0.6 is 39.7 Å². The van der Waals surface area contributed by atoms with Crippen LogP contribution in [0.4, 0.5) is 10.1 Å². The van der Waals surface area contributed by atoms with Crippen molar-refractivity contribution >= 4 is 56.3 Å². The molecular formula is C14H9BrClFN2OS. The molecule has 0 spiro atoms. The van der Waals surface area contributed by atoms with Gasteiger partial charge in [0.05, 0.1) is 10.7 Å². The number of carbonyl (C=O) groups excluding carboxylic acids is 1. The van der Waals surface area contributed by atoms with Crippen molar-refractivity contribution in [3.05, 3.63) is 62.8 Å². The van der Waals surface area contributed by atoms with Crippen LogP contribution in [0.3, 0.4) is 0 Å². The molecule has 0 atom stereocenters. The predicted molar refractivity (Wildman–Crippen MR) is 89.4 cm³/mol. The third-order valence-corrected chi connectivity index (χ3v) is 3.70. The lowest BCUT2D eigenvalue weighted by molar-refractivity contribution is 0.102. The number of nitrogens with one attached hydrogen (secondary N) is 1. The van der Waals surface area contributed by atoms with E-state index in [0.29, 0.717) is 11.3 Å². The number of benzene rings is 2. The maximum atomic E-state index is 13.4. The lowest BCUT2D eigenvalue weighted by Gasteiger charge is -2.11. The minimum Gasteiger partial charge on any atom is -0.389 e. The molecule has 0 radical (unpaired) electrons. The lowest BCUT2D eigenvalue weighted by atomic mass is 10.1. The Bertz CT molecular complexity index is 739. The maximum Gasteiger partial charge on any atom is 0.255 e. The molecule has 108 valence electrons. The quantitative estimate of drug-likeness (QED) is 0.779. The summed E-state index contributed by atoms with van der Waals surface area (Å²) in [6.45, 7) is 0. The molecule has 3 nitrogen and oxygen atoms in total. The minimum atomic E-state index is -0.658. The van der Waals surface area contributed by atoms with E-state index in [2.05, 4.69) is 21.2 Å². The van der Waals surface area contributed by atoms with E-state index in [0.717, 1.165) is 10.5 Å². The minimum absolute atomic E-state index is 0.0426. The van der Waals surface area contributed by atoms with Crippen molar-refractivity contribution < 1.29 is 9.18 Å². The number of halogens is 3. The molecular weight excluding hydrogens is 379 g/mol. The van der Waals surface area contributed by atoms with E-state index in [-0.39, 0.29) is 15.6 Å². The van der Waals surface area contributed by atoms with Gasteiger partial charge in [-0.1, -0.05) is 39.7 Å². The molecule has 0 heterocycles. The number of hydrogen-bond acceptors (Lipinski definition) is 2. The van der Waals surface area contributed by atoms with Crippen LogP contribution in [0.25, 0.3) is 0 Å². The van der Waals surface area contributed by atoms with E-state index in [4.69, 9.17) is 29.6 Å². The molecule has 1 amide bonds. The molecule has 0 aromatic heterocycles. The average molecular weight is 388 g/mol. The molecule has 0 saturated carbocycles. The summed E-state index contributed by atoms with van der Waals surface area (Å²) in [6.07, 6.45) is 0. The van der Waals surface area contributed by atoms with Gasteiger partial charge in [-0.25, -0.2) is 4.39 Å². The van der Waals surface area contributed by atoms with Gasteiger partial charge >= 0.3 is 0 Å². The number of amides is 1. The Morgan fingerprint density at radius 1 is 1.29 bits per heavy atom. The average Bonchev–Trinajstić information content (AvgIpc) is 2.43. The van der Waals surface area contributed by atoms with E-state index in [1.54, 1.807) is 18.2 Å². The van der Waals surface area contributed by atoms with Crippen molar-refractivity contribution in [2.45, 2.75) is 0 Å². The first kappa shape index (κ1) is 15.9. The topological polar surface area (TPSA) is 55.1 Å². The monoisotopic (exact) mass is 386 g/mol. The number of anilines is 1. The Labute approximate surface area is 139 Å². The third kappa shape index (κ3) is 3.78. The first-order valence-corrected chi connectivity index (χ1v) is 7.32. The van der Waals surface area contributed by atoms with Crippen molar-refractivity contribution in [2.24, 2.45) is 5.73 Å². The fraction of sp³-hybridized carbons (Fsp3) is 0. The Morgan fingerprint density at radius 2 is 2.00 bits per heavy atom. The smallest absolute Gasteiger partial charge is 0.255 e. The van der Waals surface area contributed by atoms with E-state index >= 15 is 0 Å². The zero-order chi connectivity index (χ0) is 15.6. The van der Waals surface area contributed by atoms with Crippen LogP contribution in [-0.2, 0) is 0 Å². The van der Waals surface area contributed by atoms with Gasteiger partial charge in [-0.3, -0.25) is 4.79 Å². The highest BCUT2D eigenvalue weighted by atomic mass is 79.9. The van der Waals surface area contributed by atoms with Crippen LogP contribution < -0.4 is 11.1 Å². The molecule has 0 saturated heterocycles. The van der Waals surface area contributed by atoms with Crippen LogP contribution in [0, 0.1) is 5.82 Å². The van der Waals surface area contributed by atoms with E-state index in [9.17, 15) is 9.18 Å². The van der Waals surface area contributed by atoms with Gasteiger partial charge in [-0.2, -0.15) is 0 Å². The number of hydrogen-bond donors (Lipinski definition) is 2. The van der Waals surface area contributed by atoms with Crippen molar-refractivity contribution in [3.63, 3.8) is 0 Å². The van der Waals surface area contributed by atoms with Gasteiger partial charge in [-0.05, 0) is 36.4 Å². The molecule has 21 heavy (non-hydrogen) atoms. The largest absolute Gasteiger partial charge is 0.389 e. The number of carbonyl (C=O) groups is 1. The SMILES string of the molecule is NC(=S)c1cc(Br)ccc1NC(=O)c1ccc(Cl)c(F)c1. The standard InChI is InChI=1S/C14H9BrClFN2OS/c15-8-2-4-12(9(6-8)13(18)21)19-14(20)7-1-3-10(16)11(17)5-7/h1-6H,(H2,18,21)(H,19,20). The predicted octanol–water partition coefficient (Wildman–Crippen LogP) is 4.13. The first-order chi connectivity index (χ1) is 9.88. The maximum absolute atomic E-state index is 13.4. The number of thiocarbonyl (C=S) groups is 1. The van der Waals surface area contributed by atoms with Crippen molar-refractivity contribution in [1.29, 1.82) is 0 Å². The highest BCUT2D eigenvalue weighted by Gasteiger charge is 2.12. The van der Waals surface area contributed by atoms with Gasteiger partial charge in [0.15, 0.2) is 0 Å². The fourth-order valence-corrected chi connectivity index (χ4v) is 2.31. The normalized spacial score (nSPS) is 10.2. The van der Waals surface area contributed by atoms with Gasteiger partial charge in [0.25, 0.3) is 5.91 Å². The zero-order valence-electron chi connectivity index (χ0n) is 10.5. The Hall–Kier alpha value is -1.50. The molecule has 2 rings (SSSR count). The summed E-state index contributed by atoms with van der Waals surface area (Å²) in [5.74, 6) is -1.14. The van der Waals surface area contributed by atoms with Crippen LogP contribution in [-0.4, -0.2) is 10.9 Å². The summed E-state index contributed by atoms with van der Waals surface area (Å²) in [6, 6.07) is 8.90. The first-order valence-electron chi connectivity index (χ1n) is 5.74. The summed E-state index contributed by atoms with van der Waals surface area (Å²) < 4.78 is 14.2. The summed E-state index contributed by atoms with van der Waals surface area (Å²) >= 11 is 13.8. The molecule has 2 aromatic rings. The summed E-state index contributed by atoms with van der Waals surface area (Å²) in [4.78, 5) is 12.3. The molecule has 0 aliphatic heterocycles. The molecule has 7 heteroatoms. The molecule has 0 aliphatic carbocycles. The third-order valence-electron chi connectivity index (χ3n) is 2.68. The highest BCUT2D eigenvalue weighted by molar-refractivity contribution is 9.10. The number of rotatable bonds is 3. The van der Waals surface area contributed by atoms with Crippen LogP contribution in [0.1, 0.15) is 15.9 Å². The zero-order valence-corrected chi connectivity index (χ0v) is 13.7. The van der Waals surface area contributed by atoms with E-state index in [1.165, 1.54) is 12.1 Å². The van der Waals surface area contributed by atoms with Crippen molar-refractivity contribution in [1.82, 2.24) is 0 Å². The summed E-state index contributed by atoms with van der Waals surface area (Å²) in [5, 5.41) is 2.60. The second kappa shape index (κ2) is 6.51. The summed E-state index contributed by atoms with van der Waals surface area (Å²) in [5.41, 5.74) is 6.74. The number of nitrogens with two attached hydrogens (primary N) is 1. The van der Waals surface area contributed by atoms with Gasteiger partial charge in [-0.15, -0.1) is 0 Å². The van der Waals surface area contributed by atoms with Gasteiger partial charge in [0, 0.05) is 15.6 Å². The van der Waals surface area contributed by atoms with E-state index in [1.807, 2.05) is 0 Å². The molecule has 3 N–H and O–H groups in total. The second-order valence-corrected chi connectivity index (χ2v) is 5.90. The van der Waals surface area contributed by atoms with Crippen molar-refractivity contribution in [2.75, 3.05) is 5.32 Å². The Kier molecular flexibility index (Phi) is 4.92. The molecule has 0 aliphatic rings. The highest BCUT2D eigenvalue weighted by Crippen LogP contribution is 2.22. The van der Waals surface area contributed by atoms with Gasteiger partial charge < -0.3 is 11.1 Å². The second-order valence-electron chi connectivity index (χ2n) is 4.14. The molecule has 0 unspecified atom stereocenters. The lowest BCUT2D eigenvalue weighted by Crippen LogP contribution is -2.17. The molecule has 2 aromatic carbocycles. The van der Waals surface area contributed by atoms with Crippen LogP contribution in [0.15, 0.2) is 40.9 Å². The van der Waals surface area contributed by atoms with Crippen molar-refractivity contribution in [3.8, 4) is 0 Å². The molecule has 0 bridgehead atoms.